The Balaban J connectivity index is 2.08. The van der Waals surface area contributed by atoms with Gasteiger partial charge in [-0.25, -0.2) is 0 Å². The first-order valence-corrected chi connectivity index (χ1v) is 6.54. The largest absolute Gasteiger partial charge is 0.393 e. The minimum Gasteiger partial charge on any atom is -0.393 e. The van der Waals surface area contributed by atoms with Crippen LogP contribution in [0.5, 0.6) is 0 Å². The van der Waals surface area contributed by atoms with Gasteiger partial charge in [-0.2, -0.15) is 0 Å². The summed E-state index contributed by atoms with van der Waals surface area (Å²) in [6, 6.07) is 14.9. The molecule has 0 saturated heterocycles. The van der Waals surface area contributed by atoms with Crippen LogP contribution in [0.3, 0.4) is 0 Å². The quantitative estimate of drug-likeness (QED) is 0.811. The number of thioether (sulfide) groups is 1. The molecular weight excluding hydrogens is 216 g/mol. The van der Waals surface area contributed by atoms with E-state index in [1.807, 2.05) is 6.92 Å². The Kier molecular flexibility index (Phi) is 3.86. The number of aliphatic hydroxyl groups excluding tert-OH is 1. The molecule has 0 bridgehead atoms. The van der Waals surface area contributed by atoms with Gasteiger partial charge in [-0.05, 0) is 36.2 Å². The summed E-state index contributed by atoms with van der Waals surface area (Å²) in [5.41, 5.74) is 0. The van der Waals surface area contributed by atoms with Gasteiger partial charge >= 0.3 is 0 Å². The van der Waals surface area contributed by atoms with E-state index in [2.05, 4.69) is 42.5 Å². The summed E-state index contributed by atoms with van der Waals surface area (Å²) in [7, 11) is 0. The number of hydrogen-bond donors (Lipinski definition) is 1. The fraction of sp³-hybridized carbons (Fsp3) is 0.286. The van der Waals surface area contributed by atoms with Gasteiger partial charge in [0.2, 0.25) is 0 Å². The fourth-order valence-corrected chi connectivity index (χ4v) is 2.67. The molecule has 16 heavy (non-hydrogen) atoms. The van der Waals surface area contributed by atoms with Crippen LogP contribution in [0.2, 0.25) is 0 Å². The third kappa shape index (κ3) is 3.00. The summed E-state index contributed by atoms with van der Waals surface area (Å²) in [5, 5.41) is 11.8. The Morgan fingerprint density at radius 2 is 1.88 bits per heavy atom. The van der Waals surface area contributed by atoms with Crippen LogP contribution in [0.1, 0.15) is 13.3 Å². The van der Waals surface area contributed by atoms with E-state index in [1.54, 1.807) is 11.8 Å². The Morgan fingerprint density at radius 1 is 1.12 bits per heavy atom. The minimum absolute atomic E-state index is 0.201. The van der Waals surface area contributed by atoms with Gasteiger partial charge in [0.25, 0.3) is 0 Å². The van der Waals surface area contributed by atoms with Crippen molar-refractivity contribution in [1.29, 1.82) is 0 Å². The molecule has 84 valence electrons. The summed E-state index contributed by atoms with van der Waals surface area (Å²) < 4.78 is 0. The highest BCUT2D eigenvalue weighted by Gasteiger charge is 1.99. The summed E-state index contributed by atoms with van der Waals surface area (Å²) >= 11 is 1.80. The molecule has 2 rings (SSSR count). The molecule has 2 aromatic rings. The lowest BCUT2D eigenvalue weighted by atomic mass is 10.1. The Labute approximate surface area is 100 Å². The van der Waals surface area contributed by atoms with E-state index < -0.39 is 0 Å². The van der Waals surface area contributed by atoms with Crippen LogP contribution in [0, 0.1) is 0 Å². The highest BCUT2D eigenvalue weighted by atomic mass is 32.2. The SMILES string of the molecule is CC(O)CCSc1ccc2ccccc2c1. The van der Waals surface area contributed by atoms with Gasteiger partial charge in [0.1, 0.15) is 0 Å². The highest BCUT2D eigenvalue weighted by molar-refractivity contribution is 7.99. The molecule has 0 fully saturated rings. The lowest BCUT2D eigenvalue weighted by molar-refractivity contribution is 0.192. The van der Waals surface area contributed by atoms with E-state index >= 15 is 0 Å². The fourth-order valence-electron chi connectivity index (χ4n) is 1.60. The summed E-state index contributed by atoms with van der Waals surface area (Å²) in [6.45, 7) is 1.83. The van der Waals surface area contributed by atoms with Gasteiger partial charge in [-0.3, -0.25) is 0 Å². The number of benzene rings is 2. The van der Waals surface area contributed by atoms with E-state index in [1.165, 1.54) is 15.7 Å². The Morgan fingerprint density at radius 3 is 2.62 bits per heavy atom. The zero-order valence-electron chi connectivity index (χ0n) is 9.39. The molecular formula is C14H16OS. The van der Waals surface area contributed by atoms with Crippen molar-refractivity contribution in [3.63, 3.8) is 0 Å². The zero-order chi connectivity index (χ0) is 11.4. The predicted octanol–water partition coefficient (Wildman–Crippen LogP) is 3.70. The smallest absolute Gasteiger partial charge is 0.0520 e. The van der Waals surface area contributed by atoms with Crippen LogP contribution in [-0.4, -0.2) is 17.0 Å². The predicted molar refractivity (Wildman–Crippen MR) is 71.0 cm³/mol. The lowest BCUT2D eigenvalue weighted by Crippen LogP contribution is -2.00. The minimum atomic E-state index is -0.201. The van der Waals surface area contributed by atoms with Crippen molar-refractivity contribution in [2.75, 3.05) is 5.75 Å². The highest BCUT2D eigenvalue weighted by Crippen LogP contribution is 2.24. The van der Waals surface area contributed by atoms with E-state index in [9.17, 15) is 5.11 Å². The molecule has 0 aromatic heterocycles. The molecule has 0 heterocycles. The molecule has 2 aromatic carbocycles. The third-order valence-electron chi connectivity index (χ3n) is 2.53. The molecule has 1 unspecified atom stereocenters. The van der Waals surface area contributed by atoms with Crippen molar-refractivity contribution in [1.82, 2.24) is 0 Å². The molecule has 0 spiro atoms. The van der Waals surface area contributed by atoms with Crippen molar-refractivity contribution in [3.8, 4) is 0 Å². The van der Waals surface area contributed by atoms with E-state index in [-0.39, 0.29) is 6.10 Å². The van der Waals surface area contributed by atoms with Crippen LogP contribution < -0.4 is 0 Å². The van der Waals surface area contributed by atoms with Crippen molar-refractivity contribution >= 4 is 22.5 Å². The van der Waals surface area contributed by atoms with Crippen LogP contribution in [0.25, 0.3) is 10.8 Å². The third-order valence-corrected chi connectivity index (χ3v) is 3.55. The molecule has 1 atom stereocenters. The maximum Gasteiger partial charge on any atom is 0.0520 e. The van der Waals surface area contributed by atoms with Gasteiger partial charge in [-0.15, -0.1) is 11.8 Å². The molecule has 1 N–H and O–H groups in total. The molecule has 0 aliphatic heterocycles. The second kappa shape index (κ2) is 5.37. The summed E-state index contributed by atoms with van der Waals surface area (Å²) in [5.74, 6) is 0.968. The average molecular weight is 232 g/mol. The first-order valence-electron chi connectivity index (χ1n) is 5.55. The second-order valence-electron chi connectivity index (χ2n) is 4.00. The first-order chi connectivity index (χ1) is 7.75. The molecule has 0 aliphatic rings. The van der Waals surface area contributed by atoms with Gasteiger partial charge in [0.05, 0.1) is 6.10 Å². The lowest BCUT2D eigenvalue weighted by Gasteiger charge is -2.05. The van der Waals surface area contributed by atoms with Gasteiger partial charge in [-0.1, -0.05) is 30.3 Å². The summed E-state index contributed by atoms with van der Waals surface area (Å²) in [4.78, 5) is 1.28. The monoisotopic (exact) mass is 232 g/mol. The number of rotatable bonds is 4. The van der Waals surface area contributed by atoms with Crippen LogP contribution in [0.15, 0.2) is 47.4 Å². The van der Waals surface area contributed by atoms with E-state index in [0.717, 1.165) is 12.2 Å². The number of aliphatic hydroxyl groups is 1. The van der Waals surface area contributed by atoms with Crippen LogP contribution >= 0.6 is 11.8 Å². The van der Waals surface area contributed by atoms with Crippen molar-refractivity contribution in [2.24, 2.45) is 0 Å². The van der Waals surface area contributed by atoms with Crippen molar-refractivity contribution in [3.05, 3.63) is 42.5 Å². The normalized spacial score (nSPS) is 12.9. The van der Waals surface area contributed by atoms with Crippen molar-refractivity contribution in [2.45, 2.75) is 24.3 Å². The van der Waals surface area contributed by atoms with E-state index in [0.29, 0.717) is 0 Å². The first kappa shape index (κ1) is 11.5. The molecule has 1 nitrogen and oxygen atoms in total. The topological polar surface area (TPSA) is 20.2 Å². The van der Waals surface area contributed by atoms with Gasteiger partial charge < -0.3 is 5.11 Å². The van der Waals surface area contributed by atoms with Crippen LogP contribution in [-0.2, 0) is 0 Å². The molecule has 0 saturated carbocycles. The standard InChI is InChI=1S/C14H16OS/c1-11(15)8-9-16-14-7-6-12-4-2-3-5-13(12)10-14/h2-7,10-11,15H,8-9H2,1H3. The number of fused-ring (bicyclic) bond motifs is 1. The second-order valence-corrected chi connectivity index (χ2v) is 5.16. The van der Waals surface area contributed by atoms with Crippen LogP contribution in [0.4, 0.5) is 0 Å². The molecule has 2 heteroatoms. The average Bonchev–Trinajstić information content (AvgIpc) is 2.28. The Hall–Kier alpha value is -0.990. The zero-order valence-corrected chi connectivity index (χ0v) is 10.2. The molecule has 0 amide bonds. The van der Waals surface area contributed by atoms with E-state index in [4.69, 9.17) is 0 Å². The van der Waals surface area contributed by atoms with Crippen molar-refractivity contribution < 1.29 is 5.11 Å². The molecule has 0 radical (unpaired) electrons. The Bertz CT molecular complexity index is 465. The molecule has 0 aliphatic carbocycles. The summed E-state index contributed by atoms with van der Waals surface area (Å²) in [6.07, 6.45) is 0.644. The maximum atomic E-state index is 9.19. The van der Waals surface area contributed by atoms with Gasteiger partial charge in [0, 0.05) is 10.6 Å². The maximum absolute atomic E-state index is 9.19. The van der Waals surface area contributed by atoms with Gasteiger partial charge in [0.15, 0.2) is 0 Å². The number of hydrogen-bond acceptors (Lipinski definition) is 2.